The lowest BCUT2D eigenvalue weighted by Gasteiger charge is -1.98. The summed E-state index contributed by atoms with van der Waals surface area (Å²) in [6.45, 7) is 7.85. The Balaban J connectivity index is -0.0000000718. The smallest absolute Gasteiger partial charge is 0.222 e. The maximum atomic E-state index is 10.4. The van der Waals surface area contributed by atoms with Gasteiger partial charge in [-0.3, -0.25) is 9.59 Å². The number of hydrogen-bond donors (Lipinski definition) is 2. The Bertz CT molecular complexity index is 164. The van der Waals surface area contributed by atoms with Crippen molar-refractivity contribution in [2.24, 2.45) is 5.92 Å². The second-order valence-corrected chi connectivity index (χ2v) is 2.86. The minimum Gasteiger partial charge on any atom is -0.359 e. The third kappa shape index (κ3) is 13.9. The van der Waals surface area contributed by atoms with E-state index in [9.17, 15) is 9.59 Å². The molecule has 2 amide bonds. The molecule has 0 aromatic carbocycles. The molecule has 4 nitrogen and oxygen atoms in total. The van der Waals surface area contributed by atoms with E-state index < -0.39 is 0 Å². The van der Waals surface area contributed by atoms with Gasteiger partial charge in [0, 0.05) is 29.3 Å². The van der Waals surface area contributed by atoms with Crippen molar-refractivity contribution in [2.45, 2.75) is 27.7 Å². The predicted octanol–water partition coefficient (Wildman–Crippen LogP) is 1.02. The van der Waals surface area contributed by atoms with Gasteiger partial charge in [-0.2, -0.15) is 0 Å². The van der Waals surface area contributed by atoms with Crippen molar-refractivity contribution in [3.63, 3.8) is 0 Å². The number of amides is 2. The first kappa shape index (κ1) is 14.5. The topological polar surface area (TPSA) is 58.2 Å². The van der Waals surface area contributed by atoms with Gasteiger partial charge in [0.2, 0.25) is 11.8 Å². The Morgan fingerprint density at radius 1 is 1.38 bits per heavy atom. The Morgan fingerprint density at radius 3 is 1.85 bits per heavy atom. The predicted molar refractivity (Wildman–Crippen MR) is 57.5 cm³/mol. The average molecular weight is 192 g/mol. The van der Waals surface area contributed by atoms with Crippen LogP contribution in [-0.2, 0) is 9.59 Å². The van der Waals surface area contributed by atoms with Gasteiger partial charge in [0.05, 0.1) is 0 Å². The first-order chi connectivity index (χ1) is 5.95. The highest BCUT2D eigenvalue weighted by atomic mass is 16.2. The molecule has 0 fully saturated rings. The molecule has 13 heavy (non-hydrogen) atoms. The van der Waals surface area contributed by atoms with Crippen LogP contribution in [0.15, 0.2) is 0 Å². The lowest BCUT2D eigenvalue weighted by Crippen LogP contribution is -2.22. The van der Waals surface area contributed by atoms with Gasteiger partial charge in [-0.1, -0.05) is 13.8 Å². The fourth-order valence-electron chi connectivity index (χ4n) is 0.538. The Labute approximate surface area is 83.1 Å². The molecule has 0 heterocycles. The van der Waals surface area contributed by atoms with E-state index >= 15 is 0 Å². The quantitative estimate of drug-likeness (QED) is 0.686. The molecule has 4 heteroatoms. The van der Waals surface area contributed by atoms with Gasteiger partial charge in [0.25, 0.3) is 0 Å². The highest BCUT2D eigenvalue weighted by molar-refractivity contribution is 5.77. The summed E-state index contributed by atoms with van der Waals surface area (Å²) in [6.07, 6.45) is 0. The van der Waals surface area contributed by atoms with Crippen LogP contribution in [0.25, 0.3) is 0 Å². The van der Waals surface area contributed by atoms with Gasteiger partial charge in [0.15, 0.2) is 0 Å². The summed E-state index contributed by atoms with van der Waals surface area (Å²) in [6, 6.07) is 0. The van der Waals surface area contributed by atoms with Crippen molar-refractivity contribution in [1.82, 2.24) is 10.6 Å². The summed E-state index contributed by atoms with van der Waals surface area (Å²) < 4.78 is 0. The van der Waals surface area contributed by atoms with E-state index in [1.165, 1.54) is 6.92 Å². The molecule has 0 saturated carbocycles. The monoisotopic (exact) mass is 192 g/mol. The molecule has 0 saturated heterocycles. The van der Waals surface area contributed by atoms with E-state index in [-0.39, 0.29) is 20.6 Å². The third-order valence-corrected chi connectivity index (χ3v) is 1.20. The van der Waals surface area contributed by atoms with E-state index in [1.807, 2.05) is 20.8 Å². The van der Waals surface area contributed by atoms with E-state index in [0.29, 0.717) is 0 Å². The first-order valence-electron chi connectivity index (χ1n) is 4.41. The second kappa shape index (κ2) is 9.03. The molecule has 0 rings (SSSR count). The number of carbonyl (C=O) groups is 2. The molecule has 0 radical (unpaired) electrons. The second-order valence-electron chi connectivity index (χ2n) is 2.86. The van der Waals surface area contributed by atoms with E-state index in [4.69, 9.17) is 0 Å². The maximum Gasteiger partial charge on any atom is 0.222 e. The number of hydrogen-bond acceptors (Lipinski definition) is 2. The molecule has 2 N–H and O–H groups in total. The molecule has 0 aliphatic carbocycles. The van der Waals surface area contributed by atoms with Gasteiger partial charge in [-0.05, 0) is 6.92 Å². The zero-order chi connectivity index (χ0) is 10.9. The fraction of sp³-hybridized carbons (Fsp3) is 0.778. The molecule has 0 spiro atoms. The lowest BCUT2D eigenvalue weighted by atomic mass is 10.2. The molecule has 82 valence electrons. The zero-order valence-electron chi connectivity index (χ0n) is 9.10. The normalized spacial score (nSPS) is 8.46. The van der Waals surface area contributed by atoms with Crippen LogP contribution in [0.3, 0.4) is 0 Å². The van der Waals surface area contributed by atoms with Crippen LogP contribution in [0.2, 0.25) is 0 Å². The molecule has 0 aromatic rings. The minimum absolute atomic E-state index is 0. The van der Waals surface area contributed by atoms with E-state index in [1.54, 1.807) is 7.05 Å². The summed E-state index contributed by atoms with van der Waals surface area (Å²) in [5.74, 6) is 0.252. The van der Waals surface area contributed by atoms with Crippen LogP contribution in [0, 0.1) is 5.92 Å². The van der Waals surface area contributed by atoms with E-state index in [0.717, 1.165) is 6.54 Å². The van der Waals surface area contributed by atoms with Crippen LogP contribution >= 0.6 is 0 Å². The van der Waals surface area contributed by atoms with Crippen molar-refractivity contribution in [1.29, 1.82) is 0 Å². The third-order valence-electron chi connectivity index (χ3n) is 1.20. The molecule has 0 atom stereocenters. The number of nitrogens with one attached hydrogen (secondary N) is 2. The molecular formula is C9H24N2O2. The van der Waals surface area contributed by atoms with Crippen molar-refractivity contribution in [3.8, 4) is 0 Å². The molecular weight excluding hydrogens is 168 g/mol. The van der Waals surface area contributed by atoms with Crippen LogP contribution in [-0.4, -0.2) is 25.4 Å². The summed E-state index contributed by atoms with van der Waals surface area (Å²) in [4.78, 5) is 20.3. The van der Waals surface area contributed by atoms with Crippen LogP contribution < -0.4 is 10.6 Å². The molecule has 0 aromatic heterocycles. The Morgan fingerprint density at radius 2 is 1.85 bits per heavy atom. The molecule has 0 unspecified atom stereocenters. The van der Waals surface area contributed by atoms with Crippen molar-refractivity contribution in [3.05, 3.63) is 0 Å². The summed E-state index contributed by atoms with van der Waals surface area (Å²) in [5, 5.41) is 5.09. The summed E-state index contributed by atoms with van der Waals surface area (Å²) in [7, 11) is 1.64. The first-order valence-corrected chi connectivity index (χ1v) is 4.41. The van der Waals surface area contributed by atoms with Crippen LogP contribution in [0.5, 0.6) is 0 Å². The minimum atomic E-state index is 0. The average Bonchev–Trinajstić information content (AvgIpc) is 2.03. The summed E-state index contributed by atoms with van der Waals surface area (Å²) in [5.41, 5.74) is 0. The van der Waals surface area contributed by atoms with Crippen LogP contribution in [0.4, 0.5) is 0 Å². The molecule has 0 bridgehead atoms. The van der Waals surface area contributed by atoms with Crippen molar-refractivity contribution >= 4 is 11.8 Å². The highest BCUT2D eigenvalue weighted by Crippen LogP contribution is 1.87. The molecule has 0 aliphatic heterocycles. The lowest BCUT2D eigenvalue weighted by molar-refractivity contribution is -0.123. The van der Waals surface area contributed by atoms with Gasteiger partial charge in [-0.15, -0.1) is 0 Å². The van der Waals surface area contributed by atoms with Gasteiger partial charge < -0.3 is 10.6 Å². The van der Waals surface area contributed by atoms with Gasteiger partial charge in [-0.25, -0.2) is 0 Å². The van der Waals surface area contributed by atoms with Crippen molar-refractivity contribution < 1.29 is 12.4 Å². The highest BCUT2D eigenvalue weighted by Gasteiger charge is 2.00. The molecule has 0 aliphatic rings. The standard InChI is InChI=1S/C5H11NO.C4H9NO.2H2/c1-4(2)5(7)6-3;1-3-5-4(2)6;;/h4H,1-3H3,(H,6,7);3H2,1-2H3,(H,5,6);2*1H. The van der Waals surface area contributed by atoms with Gasteiger partial charge in [0.1, 0.15) is 0 Å². The fourth-order valence-corrected chi connectivity index (χ4v) is 0.538. The summed E-state index contributed by atoms with van der Waals surface area (Å²) >= 11 is 0. The van der Waals surface area contributed by atoms with Crippen molar-refractivity contribution in [2.75, 3.05) is 13.6 Å². The largest absolute Gasteiger partial charge is 0.359 e. The maximum absolute atomic E-state index is 10.4. The van der Waals surface area contributed by atoms with E-state index in [2.05, 4.69) is 10.6 Å². The number of carbonyl (C=O) groups excluding carboxylic acids is 2. The Hall–Kier alpha value is -1.06. The van der Waals surface area contributed by atoms with Crippen LogP contribution in [0.1, 0.15) is 30.5 Å². The van der Waals surface area contributed by atoms with Gasteiger partial charge >= 0.3 is 0 Å². The SMILES string of the molecule is CCNC(C)=O.CNC(=O)C(C)C.[HH].[HH]. The Kier molecular flexibility index (Phi) is 10.0. The zero-order valence-corrected chi connectivity index (χ0v) is 9.10. The number of rotatable bonds is 2.